The Morgan fingerprint density at radius 3 is 2.79 bits per heavy atom. The summed E-state index contributed by atoms with van der Waals surface area (Å²) in [7, 11) is 0. The maximum Gasteiger partial charge on any atom is 0.273 e. The van der Waals surface area contributed by atoms with Crippen LogP contribution in [0.5, 0.6) is 0 Å². The van der Waals surface area contributed by atoms with E-state index in [1.54, 1.807) is 0 Å². The molecule has 1 saturated heterocycles. The molecule has 1 aliphatic rings. The number of H-pyrrole nitrogens is 1. The first-order valence-electron chi connectivity index (χ1n) is 6.29. The summed E-state index contributed by atoms with van der Waals surface area (Å²) in [6.07, 6.45) is 3.38. The van der Waals surface area contributed by atoms with Crippen LogP contribution in [0.4, 0.5) is 0 Å². The lowest BCUT2D eigenvalue weighted by atomic mass is 9.95. The molecule has 2 heterocycles. The van der Waals surface area contributed by atoms with E-state index in [-0.39, 0.29) is 11.9 Å². The number of aromatic nitrogens is 2. The number of likely N-dealkylation sites (tertiary alicyclic amines) is 1. The molecular formula is C14H14ClN3O. The Hall–Kier alpha value is -1.81. The average molecular weight is 276 g/mol. The number of nitrogens with one attached hydrogen (secondary N) is 1. The highest BCUT2D eigenvalue weighted by Gasteiger charge is 2.34. The van der Waals surface area contributed by atoms with Gasteiger partial charge >= 0.3 is 0 Å². The van der Waals surface area contributed by atoms with Crippen molar-refractivity contribution < 1.29 is 4.79 Å². The Kier molecular flexibility index (Phi) is 3.25. The van der Waals surface area contributed by atoms with Crippen LogP contribution in [0.15, 0.2) is 36.5 Å². The second-order valence-electron chi connectivity index (χ2n) is 4.72. The van der Waals surface area contributed by atoms with Crippen molar-refractivity contribution in [1.82, 2.24) is 15.1 Å². The molecule has 1 atom stereocenters. The van der Waals surface area contributed by atoms with Gasteiger partial charge in [-0.1, -0.05) is 41.9 Å². The number of carbonyl (C=O) groups is 1. The van der Waals surface area contributed by atoms with Gasteiger partial charge in [0, 0.05) is 12.6 Å². The van der Waals surface area contributed by atoms with Gasteiger partial charge in [0.15, 0.2) is 0 Å². The Morgan fingerprint density at radius 2 is 2.21 bits per heavy atom. The van der Waals surface area contributed by atoms with Crippen molar-refractivity contribution in [2.75, 3.05) is 6.54 Å². The van der Waals surface area contributed by atoms with Gasteiger partial charge in [0.25, 0.3) is 5.91 Å². The van der Waals surface area contributed by atoms with Crippen LogP contribution in [0.3, 0.4) is 0 Å². The molecule has 98 valence electrons. The lowest BCUT2D eigenvalue weighted by Gasteiger charge is -2.41. The lowest BCUT2D eigenvalue weighted by molar-refractivity contribution is 0.0458. The average Bonchev–Trinajstić information content (AvgIpc) is 2.82. The summed E-state index contributed by atoms with van der Waals surface area (Å²) in [4.78, 5) is 14.1. The highest BCUT2D eigenvalue weighted by atomic mass is 35.5. The summed E-state index contributed by atoms with van der Waals surface area (Å²) in [6, 6.07) is 10.5. The fraction of sp³-hybridized carbons (Fsp3) is 0.286. The maximum atomic E-state index is 12.3. The van der Waals surface area contributed by atoms with E-state index in [2.05, 4.69) is 22.3 Å². The summed E-state index contributed by atoms with van der Waals surface area (Å²) < 4.78 is 0. The van der Waals surface area contributed by atoms with Gasteiger partial charge in [-0.05, 0) is 18.4 Å². The van der Waals surface area contributed by atoms with Crippen LogP contribution < -0.4 is 0 Å². The van der Waals surface area contributed by atoms with Gasteiger partial charge in [0.05, 0.1) is 11.2 Å². The predicted molar refractivity (Wildman–Crippen MR) is 73.2 cm³/mol. The number of carbonyl (C=O) groups excluding carboxylic acids is 1. The van der Waals surface area contributed by atoms with E-state index in [1.807, 2.05) is 23.1 Å². The first-order chi connectivity index (χ1) is 9.25. The van der Waals surface area contributed by atoms with Crippen molar-refractivity contribution >= 4 is 17.5 Å². The van der Waals surface area contributed by atoms with Gasteiger partial charge in [-0.3, -0.25) is 9.89 Å². The van der Waals surface area contributed by atoms with E-state index in [0.29, 0.717) is 10.7 Å². The van der Waals surface area contributed by atoms with Crippen molar-refractivity contribution in [2.45, 2.75) is 18.9 Å². The molecule has 3 rings (SSSR count). The van der Waals surface area contributed by atoms with Gasteiger partial charge in [0.1, 0.15) is 5.69 Å². The van der Waals surface area contributed by atoms with Crippen LogP contribution in [0.2, 0.25) is 5.02 Å². The SMILES string of the molecule is O=C(c1[nH]ncc1Cl)N1CCC1Cc1ccccc1. The normalized spacial score (nSPS) is 18.2. The Morgan fingerprint density at radius 1 is 1.42 bits per heavy atom. The van der Waals surface area contributed by atoms with Crippen LogP contribution in [0.25, 0.3) is 0 Å². The zero-order chi connectivity index (χ0) is 13.2. The van der Waals surface area contributed by atoms with Crippen LogP contribution in [0.1, 0.15) is 22.5 Å². The minimum atomic E-state index is -0.0605. The fourth-order valence-corrected chi connectivity index (χ4v) is 2.54. The highest BCUT2D eigenvalue weighted by molar-refractivity contribution is 6.33. The molecule has 0 radical (unpaired) electrons. The number of rotatable bonds is 3. The molecule has 0 bridgehead atoms. The first-order valence-corrected chi connectivity index (χ1v) is 6.67. The topological polar surface area (TPSA) is 49.0 Å². The maximum absolute atomic E-state index is 12.3. The van der Waals surface area contributed by atoms with Crippen molar-refractivity contribution in [3.63, 3.8) is 0 Å². The number of hydrogen-bond donors (Lipinski definition) is 1. The minimum Gasteiger partial charge on any atom is -0.334 e. The third kappa shape index (κ3) is 2.36. The summed E-state index contributed by atoms with van der Waals surface area (Å²) >= 11 is 5.93. The molecule has 1 aromatic carbocycles. The predicted octanol–water partition coefficient (Wildman–Crippen LogP) is 2.52. The van der Waals surface area contributed by atoms with Crippen LogP contribution in [-0.4, -0.2) is 33.6 Å². The Labute approximate surface area is 116 Å². The molecule has 1 aliphatic heterocycles. The van der Waals surface area contributed by atoms with Crippen molar-refractivity contribution in [2.24, 2.45) is 0 Å². The van der Waals surface area contributed by atoms with Crippen LogP contribution in [0, 0.1) is 0 Å². The quantitative estimate of drug-likeness (QED) is 0.936. The lowest BCUT2D eigenvalue weighted by Crippen LogP contribution is -2.52. The number of halogens is 1. The molecular weight excluding hydrogens is 262 g/mol. The molecule has 2 aromatic rings. The van der Waals surface area contributed by atoms with E-state index in [1.165, 1.54) is 11.8 Å². The molecule has 1 N–H and O–H groups in total. The zero-order valence-corrected chi connectivity index (χ0v) is 11.1. The van der Waals surface area contributed by atoms with Crippen LogP contribution in [-0.2, 0) is 6.42 Å². The first kappa shape index (κ1) is 12.2. The number of amides is 1. The van der Waals surface area contributed by atoms with Gasteiger partial charge in [-0.25, -0.2) is 0 Å². The molecule has 19 heavy (non-hydrogen) atoms. The number of hydrogen-bond acceptors (Lipinski definition) is 2. The summed E-state index contributed by atoms with van der Waals surface area (Å²) in [5, 5.41) is 6.84. The van der Waals surface area contributed by atoms with Crippen molar-refractivity contribution in [3.05, 3.63) is 52.8 Å². The van der Waals surface area contributed by atoms with E-state index in [4.69, 9.17) is 11.6 Å². The van der Waals surface area contributed by atoms with E-state index in [0.717, 1.165) is 19.4 Å². The zero-order valence-electron chi connectivity index (χ0n) is 10.3. The minimum absolute atomic E-state index is 0.0605. The van der Waals surface area contributed by atoms with E-state index < -0.39 is 0 Å². The second-order valence-corrected chi connectivity index (χ2v) is 5.13. The van der Waals surface area contributed by atoms with Crippen molar-refractivity contribution in [1.29, 1.82) is 0 Å². The molecule has 5 heteroatoms. The highest BCUT2D eigenvalue weighted by Crippen LogP contribution is 2.25. The van der Waals surface area contributed by atoms with E-state index in [9.17, 15) is 4.79 Å². The molecule has 0 aliphatic carbocycles. The molecule has 1 aromatic heterocycles. The van der Waals surface area contributed by atoms with Crippen LogP contribution >= 0.6 is 11.6 Å². The van der Waals surface area contributed by atoms with Gasteiger partial charge in [-0.2, -0.15) is 5.10 Å². The molecule has 0 spiro atoms. The largest absolute Gasteiger partial charge is 0.334 e. The Bertz CT molecular complexity index is 581. The Balaban J connectivity index is 1.70. The molecule has 1 fully saturated rings. The van der Waals surface area contributed by atoms with Gasteiger partial charge in [0.2, 0.25) is 0 Å². The molecule has 1 amide bonds. The third-order valence-corrected chi connectivity index (χ3v) is 3.81. The van der Waals surface area contributed by atoms with Gasteiger partial charge < -0.3 is 4.90 Å². The fourth-order valence-electron chi connectivity index (χ4n) is 2.37. The standard InChI is InChI=1S/C14H14ClN3O/c15-12-9-16-17-13(12)14(19)18-7-6-11(18)8-10-4-2-1-3-5-10/h1-5,9,11H,6-8H2,(H,16,17). The molecule has 4 nitrogen and oxygen atoms in total. The number of aromatic amines is 1. The summed E-state index contributed by atoms with van der Waals surface area (Å²) in [6.45, 7) is 0.783. The third-order valence-electron chi connectivity index (χ3n) is 3.53. The van der Waals surface area contributed by atoms with Gasteiger partial charge in [-0.15, -0.1) is 0 Å². The van der Waals surface area contributed by atoms with E-state index >= 15 is 0 Å². The monoisotopic (exact) mass is 275 g/mol. The summed E-state index contributed by atoms with van der Waals surface area (Å²) in [5.41, 5.74) is 1.64. The molecule has 0 saturated carbocycles. The van der Waals surface area contributed by atoms with Crippen molar-refractivity contribution in [3.8, 4) is 0 Å². The second kappa shape index (κ2) is 5.05. The number of benzene rings is 1. The molecule has 1 unspecified atom stereocenters. The smallest absolute Gasteiger partial charge is 0.273 e. The summed E-state index contributed by atoms with van der Waals surface area (Å²) in [5.74, 6) is -0.0605. The number of nitrogens with zero attached hydrogens (tertiary/aromatic N) is 2.